The molecule has 2 aromatic carbocycles. The fraction of sp³-hybridized carbons (Fsp3) is 0.227. The van der Waals surface area contributed by atoms with Crippen molar-refractivity contribution in [3.8, 4) is 17.2 Å². The van der Waals surface area contributed by atoms with E-state index in [0.29, 0.717) is 29.0 Å². The van der Waals surface area contributed by atoms with Crippen molar-refractivity contribution in [2.24, 2.45) is 0 Å². The van der Waals surface area contributed by atoms with Gasteiger partial charge in [-0.3, -0.25) is 4.79 Å². The molecule has 0 aliphatic carbocycles. The highest BCUT2D eigenvalue weighted by Crippen LogP contribution is 2.37. The van der Waals surface area contributed by atoms with Crippen LogP contribution in [0.2, 0.25) is 0 Å². The van der Waals surface area contributed by atoms with Crippen molar-refractivity contribution >= 4 is 11.9 Å². The summed E-state index contributed by atoms with van der Waals surface area (Å²) in [6.45, 7) is 10.0. The Morgan fingerprint density at radius 2 is 1.85 bits per heavy atom. The van der Waals surface area contributed by atoms with E-state index in [1.54, 1.807) is 30.4 Å². The average molecular weight is 352 g/mol. The number of carbonyl (C=O) groups is 1. The summed E-state index contributed by atoms with van der Waals surface area (Å²) in [6.07, 6.45) is 4.88. The molecule has 0 heterocycles. The summed E-state index contributed by atoms with van der Waals surface area (Å²) < 4.78 is 5.59. The standard InChI is InChI=1S/C22H24O4/c1-5-22(3,4)18-13-16(21(26-6-2)14-20(18)25)9-12-19(24)15-7-10-17(23)11-8-15/h5,7-14,23,25H,1,6H2,2-4H3/b12-9+. The maximum Gasteiger partial charge on any atom is 0.185 e. The lowest BCUT2D eigenvalue weighted by molar-refractivity contribution is 0.104. The van der Waals surface area contributed by atoms with E-state index in [4.69, 9.17) is 4.74 Å². The van der Waals surface area contributed by atoms with Crippen LogP contribution in [0.15, 0.2) is 55.1 Å². The number of allylic oxidation sites excluding steroid dienone is 2. The molecule has 2 aromatic rings. The number of phenols is 2. The number of carbonyl (C=O) groups excluding carboxylic acids is 1. The Hall–Kier alpha value is -3.01. The van der Waals surface area contributed by atoms with Gasteiger partial charge in [0.05, 0.1) is 6.61 Å². The summed E-state index contributed by atoms with van der Waals surface area (Å²) in [5.74, 6) is 0.549. The van der Waals surface area contributed by atoms with Gasteiger partial charge in [0.2, 0.25) is 0 Å². The zero-order chi connectivity index (χ0) is 19.3. The molecule has 26 heavy (non-hydrogen) atoms. The van der Waals surface area contributed by atoms with Crippen LogP contribution in [0.5, 0.6) is 17.2 Å². The molecular weight excluding hydrogens is 328 g/mol. The summed E-state index contributed by atoms with van der Waals surface area (Å²) in [4.78, 5) is 12.3. The number of hydrogen-bond donors (Lipinski definition) is 2. The molecule has 0 fully saturated rings. The van der Waals surface area contributed by atoms with Gasteiger partial charge in [-0.2, -0.15) is 0 Å². The van der Waals surface area contributed by atoms with Gasteiger partial charge in [-0.15, -0.1) is 6.58 Å². The second-order valence-corrected chi connectivity index (χ2v) is 6.51. The van der Waals surface area contributed by atoms with Crippen molar-refractivity contribution in [1.82, 2.24) is 0 Å². The summed E-state index contributed by atoms with van der Waals surface area (Å²) in [5, 5.41) is 19.7. The van der Waals surface area contributed by atoms with Gasteiger partial charge in [-0.1, -0.05) is 19.9 Å². The molecule has 0 aromatic heterocycles. The van der Waals surface area contributed by atoms with Gasteiger partial charge in [-0.25, -0.2) is 0 Å². The van der Waals surface area contributed by atoms with Gasteiger partial charge in [0, 0.05) is 28.2 Å². The molecule has 2 N–H and O–H groups in total. The van der Waals surface area contributed by atoms with Crippen LogP contribution in [-0.4, -0.2) is 22.6 Å². The van der Waals surface area contributed by atoms with Crippen molar-refractivity contribution in [3.05, 3.63) is 71.8 Å². The molecule has 0 radical (unpaired) electrons. The van der Waals surface area contributed by atoms with Crippen molar-refractivity contribution < 1.29 is 19.7 Å². The molecule has 0 unspecified atom stereocenters. The SMILES string of the molecule is C=CC(C)(C)c1cc(/C=C/C(=O)c2ccc(O)cc2)c(OCC)cc1O. The molecule has 0 atom stereocenters. The van der Waals surface area contributed by atoms with Crippen LogP contribution in [0.1, 0.15) is 42.3 Å². The van der Waals surface area contributed by atoms with Crippen LogP contribution in [0.3, 0.4) is 0 Å². The normalized spacial score (nSPS) is 11.5. The Morgan fingerprint density at radius 3 is 2.42 bits per heavy atom. The Bertz CT molecular complexity index is 830. The van der Waals surface area contributed by atoms with Gasteiger partial charge in [0.1, 0.15) is 17.2 Å². The number of ketones is 1. The Balaban J connectivity index is 2.42. The second kappa shape index (κ2) is 7.91. The molecule has 4 nitrogen and oxygen atoms in total. The van der Waals surface area contributed by atoms with E-state index in [9.17, 15) is 15.0 Å². The third-order valence-electron chi connectivity index (χ3n) is 4.20. The molecule has 0 bridgehead atoms. The maximum absolute atomic E-state index is 12.3. The van der Waals surface area contributed by atoms with Crippen LogP contribution in [0.4, 0.5) is 0 Å². The number of benzene rings is 2. The van der Waals surface area contributed by atoms with Gasteiger partial charge in [0.25, 0.3) is 0 Å². The predicted molar refractivity (Wildman–Crippen MR) is 104 cm³/mol. The van der Waals surface area contributed by atoms with Crippen molar-refractivity contribution in [2.75, 3.05) is 6.61 Å². The molecule has 0 saturated carbocycles. The van der Waals surface area contributed by atoms with Crippen LogP contribution >= 0.6 is 0 Å². The summed E-state index contributed by atoms with van der Waals surface area (Å²) in [6, 6.07) is 9.44. The molecule has 0 saturated heterocycles. The average Bonchev–Trinajstić information content (AvgIpc) is 2.61. The predicted octanol–water partition coefficient (Wildman–Crippen LogP) is 4.86. The summed E-state index contributed by atoms with van der Waals surface area (Å²) in [5.41, 5.74) is 1.44. The smallest absolute Gasteiger partial charge is 0.185 e. The van der Waals surface area contributed by atoms with E-state index < -0.39 is 5.41 Å². The van der Waals surface area contributed by atoms with Crippen LogP contribution in [0, 0.1) is 0 Å². The highest BCUT2D eigenvalue weighted by atomic mass is 16.5. The van der Waals surface area contributed by atoms with Crippen LogP contribution in [-0.2, 0) is 5.41 Å². The first kappa shape index (κ1) is 19.3. The molecule has 0 aliphatic heterocycles. The molecule has 0 spiro atoms. The third-order valence-corrected chi connectivity index (χ3v) is 4.20. The lowest BCUT2D eigenvalue weighted by atomic mass is 9.83. The summed E-state index contributed by atoms with van der Waals surface area (Å²) >= 11 is 0. The Morgan fingerprint density at radius 1 is 1.19 bits per heavy atom. The lowest BCUT2D eigenvalue weighted by Crippen LogP contribution is -2.13. The minimum absolute atomic E-state index is 0.110. The Kier molecular flexibility index (Phi) is 5.88. The fourth-order valence-corrected chi connectivity index (χ4v) is 2.51. The third kappa shape index (κ3) is 4.33. The number of ether oxygens (including phenoxy) is 1. The number of hydrogen-bond acceptors (Lipinski definition) is 4. The minimum Gasteiger partial charge on any atom is -0.508 e. The van der Waals surface area contributed by atoms with Gasteiger partial charge < -0.3 is 14.9 Å². The number of aromatic hydroxyl groups is 2. The van der Waals surface area contributed by atoms with Crippen molar-refractivity contribution in [3.63, 3.8) is 0 Å². The number of rotatable bonds is 7. The highest BCUT2D eigenvalue weighted by Gasteiger charge is 2.22. The largest absolute Gasteiger partial charge is 0.508 e. The second-order valence-electron chi connectivity index (χ2n) is 6.51. The molecule has 136 valence electrons. The van der Waals surface area contributed by atoms with Crippen molar-refractivity contribution in [1.29, 1.82) is 0 Å². The maximum atomic E-state index is 12.3. The molecule has 0 amide bonds. The molecule has 4 heteroatoms. The van der Waals surface area contributed by atoms with Crippen molar-refractivity contribution in [2.45, 2.75) is 26.2 Å². The lowest BCUT2D eigenvalue weighted by Gasteiger charge is -2.23. The molecule has 0 aliphatic rings. The van der Waals surface area contributed by atoms with Gasteiger partial charge in [0.15, 0.2) is 5.78 Å². The quantitative estimate of drug-likeness (QED) is 0.424. The first-order valence-corrected chi connectivity index (χ1v) is 8.43. The molecule has 2 rings (SSSR count). The first-order valence-electron chi connectivity index (χ1n) is 8.43. The van der Waals surface area contributed by atoms with E-state index in [1.807, 2.05) is 26.8 Å². The van der Waals surface area contributed by atoms with Crippen LogP contribution < -0.4 is 4.74 Å². The zero-order valence-electron chi connectivity index (χ0n) is 15.3. The monoisotopic (exact) mass is 352 g/mol. The van der Waals surface area contributed by atoms with Crippen LogP contribution in [0.25, 0.3) is 6.08 Å². The van der Waals surface area contributed by atoms with E-state index in [2.05, 4.69) is 6.58 Å². The Labute approximate surface area is 154 Å². The number of phenolic OH excluding ortho intramolecular Hbond substituents is 2. The first-order chi connectivity index (χ1) is 12.3. The van der Waals surface area contributed by atoms with E-state index in [-0.39, 0.29) is 17.3 Å². The topological polar surface area (TPSA) is 66.8 Å². The van der Waals surface area contributed by atoms with E-state index in [0.717, 1.165) is 0 Å². The van der Waals surface area contributed by atoms with Gasteiger partial charge in [-0.05, 0) is 49.4 Å². The minimum atomic E-state index is -0.432. The van der Waals surface area contributed by atoms with E-state index >= 15 is 0 Å². The fourth-order valence-electron chi connectivity index (χ4n) is 2.51. The summed E-state index contributed by atoms with van der Waals surface area (Å²) in [7, 11) is 0. The highest BCUT2D eigenvalue weighted by molar-refractivity contribution is 6.07. The van der Waals surface area contributed by atoms with Gasteiger partial charge >= 0.3 is 0 Å². The van der Waals surface area contributed by atoms with E-state index in [1.165, 1.54) is 18.2 Å². The molecular formula is C22H24O4. The zero-order valence-corrected chi connectivity index (χ0v) is 15.3.